The lowest BCUT2D eigenvalue weighted by Crippen LogP contribution is -2.41. The average Bonchev–Trinajstić information content (AvgIpc) is 3.30. The van der Waals surface area contributed by atoms with E-state index in [-0.39, 0.29) is 47.9 Å². The van der Waals surface area contributed by atoms with Gasteiger partial charge in [-0.3, -0.25) is 19.3 Å². The normalized spacial score (nSPS) is 28.6. The monoisotopic (exact) mass is 353 g/mol. The summed E-state index contributed by atoms with van der Waals surface area (Å²) in [6.45, 7) is 0.197. The molecule has 6 nitrogen and oxygen atoms in total. The van der Waals surface area contributed by atoms with E-state index in [9.17, 15) is 14.4 Å². The Kier molecular flexibility index (Phi) is 4.05. The number of amides is 3. The third kappa shape index (κ3) is 2.69. The van der Waals surface area contributed by atoms with Crippen LogP contribution in [-0.2, 0) is 20.9 Å². The molecule has 4 atom stereocenters. The number of carbonyl (C=O) groups is 3. The summed E-state index contributed by atoms with van der Waals surface area (Å²) in [4.78, 5) is 40.6. The Bertz CT molecular complexity index is 754. The first-order valence-electron chi connectivity index (χ1n) is 9.02. The van der Waals surface area contributed by atoms with Crippen LogP contribution in [0.5, 0.6) is 0 Å². The number of imide groups is 1. The van der Waals surface area contributed by atoms with Gasteiger partial charge < -0.3 is 10.2 Å². The first-order valence-corrected chi connectivity index (χ1v) is 9.02. The lowest BCUT2D eigenvalue weighted by Gasteiger charge is -2.17. The number of likely N-dealkylation sites (tertiary alicyclic amines) is 1. The molecular weight excluding hydrogens is 330 g/mol. The summed E-state index contributed by atoms with van der Waals surface area (Å²) >= 11 is 0. The molecule has 4 unspecified atom stereocenters. The molecule has 26 heavy (non-hydrogen) atoms. The van der Waals surface area contributed by atoms with Crippen LogP contribution >= 0.6 is 0 Å². The van der Waals surface area contributed by atoms with Crippen LogP contribution in [0.15, 0.2) is 36.4 Å². The van der Waals surface area contributed by atoms with E-state index in [0.717, 1.165) is 22.6 Å². The Morgan fingerprint density at radius 3 is 2.19 bits per heavy atom. The van der Waals surface area contributed by atoms with Crippen LogP contribution in [0.3, 0.4) is 0 Å². The van der Waals surface area contributed by atoms with Gasteiger partial charge in [-0.1, -0.05) is 24.3 Å². The van der Waals surface area contributed by atoms with Crippen molar-refractivity contribution in [2.75, 3.05) is 25.5 Å². The Labute approximate surface area is 152 Å². The average molecular weight is 353 g/mol. The zero-order valence-corrected chi connectivity index (χ0v) is 15.0. The molecule has 4 rings (SSSR count). The minimum atomic E-state index is -0.302. The summed E-state index contributed by atoms with van der Waals surface area (Å²) in [6.07, 6.45) is 5.01. The Hall–Kier alpha value is -2.63. The number of hydrogen-bond acceptors (Lipinski definition) is 4. The number of nitrogens with one attached hydrogen (secondary N) is 1. The Morgan fingerprint density at radius 1 is 1.08 bits per heavy atom. The largest absolute Gasteiger partial charge is 0.378 e. The number of carbonyl (C=O) groups excluding carboxylic acids is 3. The molecular formula is C20H23N3O3. The van der Waals surface area contributed by atoms with Crippen molar-refractivity contribution in [3.05, 3.63) is 42.0 Å². The molecule has 0 spiro atoms. The van der Waals surface area contributed by atoms with Crippen LogP contribution in [0, 0.1) is 23.7 Å². The molecule has 2 bridgehead atoms. The number of hydrogen-bond donors (Lipinski definition) is 1. The van der Waals surface area contributed by atoms with Gasteiger partial charge in [0, 0.05) is 26.3 Å². The highest BCUT2D eigenvalue weighted by molar-refractivity contribution is 6.08. The van der Waals surface area contributed by atoms with E-state index in [4.69, 9.17) is 0 Å². The highest BCUT2D eigenvalue weighted by Gasteiger charge is 2.59. The summed E-state index contributed by atoms with van der Waals surface area (Å²) in [5.74, 6) is -0.810. The van der Waals surface area contributed by atoms with Crippen molar-refractivity contribution in [2.24, 2.45) is 23.7 Å². The molecule has 1 aliphatic heterocycles. The molecule has 3 amide bonds. The van der Waals surface area contributed by atoms with Crippen LogP contribution in [0.4, 0.5) is 5.69 Å². The summed E-state index contributed by atoms with van der Waals surface area (Å²) in [5.41, 5.74) is 2.06. The number of nitrogens with zero attached hydrogens (tertiary/aromatic N) is 2. The maximum Gasteiger partial charge on any atom is 0.240 e. The lowest BCUT2D eigenvalue weighted by molar-refractivity contribution is -0.144. The van der Waals surface area contributed by atoms with Crippen molar-refractivity contribution < 1.29 is 14.4 Å². The second kappa shape index (κ2) is 6.27. The molecule has 6 heteroatoms. The van der Waals surface area contributed by atoms with Crippen LogP contribution in [0.2, 0.25) is 0 Å². The lowest BCUT2D eigenvalue weighted by atomic mass is 9.85. The maximum atomic E-state index is 12.6. The van der Waals surface area contributed by atoms with Crippen molar-refractivity contribution in [3.8, 4) is 0 Å². The fraction of sp³-hybridized carbons (Fsp3) is 0.450. The van der Waals surface area contributed by atoms with Gasteiger partial charge in [0.15, 0.2) is 0 Å². The van der Waals surface area contributed by atoms with E-state index >= 15 is 0 Å². The number of rotatable bonds is 5. The SMILES string of the molecule is CN(C)c1ccc(CNC(=O)CN2C(=O)C3C4C=CC(C4)C3C2=O)cc1. The highest BCUT2D eigenvalue weighted by Crippen LogP contribution is 2.52. The summed E-state index contributed by atoms with van der Waals surface area (Å²) in [6, 6.07) is 7.88. The predicted molar refractivity (Wildman–Crippen MR) is 97.1 cm³/mol. The number of anilines is 1. The van der Waals surface area contributed by atoms with Gasteiger partial charge in [0.1, 0.15) is 6.54 Å². The molecule has 1 aromatic carbocycles. The van der Waals surface area contributed by atoms with Crippen molar-refractivity contribution in [2.45, 2.75) is 13.0 Å². The molecule has 1 heterocycles. The zero-order chi connectivity index (χ0) is 18.4. The van der Waals surface area contributed by atoms with E-state index in [1.54, 1.807) is 0 Å². The van der Waals surface area contributed by atoms with Gasteiger partial charge in [0.25, 0.3) is 0 Å². The molecule has 0 aromatic heterocycles. The van der Waals surface area contributed by atoms with Gasteiger partial charge in [-0.15, -0.1) is 0 Å². The van der Waals surface area contributed by atoms with E-state index in [0.29, 0.717) is 6.54 Å². The molecule has 3 aliphatic rings. The maximum absolute atomic E-state index is 12.6. The summed E-state index contributed by atoms with van der Waals surface area (Å²) in [7, 11) is 3.94. The minimum Gasteiger partial charge on any atom is -0.378 e. The second-order valence-electron chi connectivity index (χ2n) is 7.60. The predicted octanol–water partition coefficient (Wildman–Crippen LogP) is 1.18. The van der Waals surface area contributed by atoms with Gasteiger partial charge >= 0.3 is 0 Å². The van der Waals surface area contributed by atoms with Crippen LogP contribution in [0.1, 0.15) is 12.0 Å². The molecule has 1 N–H and O–H groups in total. The Balaban J connectivity index is 1.34. The first kappa shape index (κ1) is 16.8. The van der Waals surface area contributed by atoms with E-state index in [1.165, 1.54) is 0 Å². The number of fused-ring (bicyclic) bond motifs is 5. The quantitative estimate of drug-likeness (QED) is 0.637. The van der Waals surface area contributed by atoms with E-state index in [1.807, 2.05) is 43.3 Å². The van der Waals surface area contributed by atoms with Gasteiger partial charge in [0.05, 0.1) is 11.8 Å². The van der Waals surface area contributed by atoms with Gasteiger partial charge in [0.2, 0.25) is 17.7 Å². The summed E-state index contributed by atoms with van der Waals surface area (Å²) in [5, 5.41) is 2.81. The van der Waals surface area contributed by atoms with Crippen LogP contribution < -0.4 is 10.2 Å². The third-order valence-corrected chi connectivity index (χ3v) is 5.81. The standard InChI is InChI=1S/C20H23N3O3/c1-22(2)15-7-3-12(4-8-15)10-21-16(24)11-23-19(25)17-13-5-6-14(9-13)18(17)20(23)26/h3-8,13-14,17-18H,9-11H2,1-2H3,(H,21,24). The van der Waals surface area contributed by atoms with Gasteiger partial charge in [-0.25, -0.2) is 0 Å². The molecule has 136 valence electrons. The van der Waals surface area contributed by atoms with Crippen molar-refractivity contribution >= 4 is 23.4 Å². The molecule has 1 aromatic rings. The third-order valence-electron chi connectivity index (χ3n) is 5.81. The molecule has 1 saturated carbocycles. The van der Waals surface area contributed by atoms with Crippen molar-refractivity contribution in [3.63, 3.8) is 0 Å². The van der Waals surface area contributed by atoms with E-state index in [2.05, 4.69) is 17.5 Å². The minimum absolute atomic E-state index is 0.171. The molecule has 0 radical (unpaired) electrons. The number of allylic oxidation sites excluding steroid dienone is 2. The highest BCUT2D eigenvalue weighted by atomic mass is 16.2. The van der Waals surface area contributed by atoms with E-state index < -0.39 is 0 Å². The fourth-order valence-electron chi connectivity index (χ4n) is 4.43. The van der Waals surface area contributed by atoms with Gasteiger partial charge in [-0.2, -0.15) is 0 Å². The molecule has 1 saturated heterocycles. The van der Waals surface area contributed by atoms with Crippen LogP contribution in [-0.4, -0.2) is 43.3 Å². The molecule has 2 fully saturated rings. The molecule has 2 aliphatic carbocycles. The van der Waals surface area contributed by atoms with Crippen molar-refractivity contribution in [1.82, 2.24) is 10.2 Å². The Morgan fingerprint density at radius 2 is 1.65 bits per heavy atom. The fourth-order valence-corrected chi connectivity index (χ4v) is 4.43. The number of benzene rings is 1. The first-order chi connectivity index (χ1) is 12.5. The zero-order valence-electron chi connectivity index (χ0n) is 15.0. The summed E-state index contributed by atoms with van der Waals surface area (Å²) < 4.78 is 0. The van der Waals surface area contributed by atoms with Gasteiger partial charge in [-0.05, 0) is 36.0 Å². The smallest absolute Gasteiger partial charge is 0.240 e. The second-order valence-corrected chi connectivity index (χ2v) is 7.60. The van der Waals surface area contributed by atoms with Crippen LogP contribution in [0.25, 0.3) is 0 Å². The topological polar surface area (TPSA) is 69.7 Å². The van der Waals surface area contributed by atoms with Crippen molar-refractivity contribution in [1.29, 1.82) is 0 Å².